The van der Waals surface area contributed by atoms with Gasteiger partial charge in [-0.3, -0.25) is 19.9 Å². The molecule has 0 saturated carbocycles. The first-order valence-corrected chi connectivity index (χ1v) is 11.0. The van der Waals surface area contributed by atoms with E-state index in [9.17, 15) is 14.4 Å². The van der Waals surface area contributed by atoms with E-state index in [1.54, 1.807) is 36.6 Å². The van der Waals surface area contributed by atoms with Gasteiger partial charge in [0.1, 0.15) is 5.69 Å². The summed E-state index contributed by atoms with van der Waals surface area (Å²) in [6, 6.07) is 12.6. The Morgan fingerprint density at radius 1 is 1.06 bits per heavy atom. The SMILES string of the molecule is Cc1ccc(CN(C)C(=Nc2cc(-c3ccncc3)c[nH]c2=O)NC(=O)N(C)CCC(=O)O)cc1. The molecule has 0 unspecified atom stereocenters. The molecule has 0 saturated heterocycles. The van der Waals surface area contributed by atoms with Gasteiger partial charge in [-0.15, -0.1) is 0 Å². The number of urea groups is 1. The summed E-state index contributed by atoms with van der Waals surface area (Å²) in [5.74, 6) is -0.857. The number of nitrogens with zero attached hydrogens (tertiary/aromatic N) is 4. The number of pyridine rings is 2. The molecule has 0 spiro atoms. The highest BCUT2D eigenvalue weighted by atomic mass is 16.4. The Labute approximate surface area is 203 Å². The van der Waals surface area contributed by atoms with Gasteiger partial charge in [0, 0.05) is 51.3 Å². The lowest BCUT2D eigenvalue weighted by Gasteiger charge is -2.24. The van der Waals surface area contributed by atoms with Crippen molar-refractivity contribution >= 4 is 23.6 Å². The normalized spacial score (nSPS) is 11.1. The van der Waals surface area contributed by atoms with Crippen molar-refractivity contribution in [2.24, 2.45) is 4.99 Å². The first kappa shape index (κ1) is 25.2. The molecule has 0 fully saturated rings. The Hall–Kier alpha value is -4.47. The fourth-order valence-electron chi connectivity index (χ4n) is 3.19. The number of carbonyl (C=O) groups is 2. The number of benzene rings is 1. The number of amides is 2. The third kappa shape index (κ3) is 7.26. The largest absolute Gasteiger partial charge is 0.481 e. The molecule has 182 valence electrons. The van der Waals surface area contributed by atoms with E-state index in [2.05, 4.69) is 20.3 Å². The molecule has 0 aliphatic rings. The highest BCUT2D eigenvalue weighted by molar-refractivity contribution is 5.97. The van der Waals surface area contributed by atoms with E-state index in [1.165, 1.54) is 11.9 Å². The van der Waals surface area contributed by atoms with Crippen LogP contribution in [0.3, 0.4) is 0 Å². The molecule has 35 heavy (non-hydrogen) atoms. The monoisotopic (exact) mass is 476 g/mol. The standard InChI is InChI=1S/C25H28N6O4/c1-17-4-6-18(7-5-17)16-31(3)24(29-25(35)30(2)13-10-22(32)33)28-21-14-20(15-27-23(21)34)19-8-11-26-12-9-19/h4-9,11-12,14-15H,10,13,16H2,1-3H3,(H,27,34)(H,32,33)(H,28,29,35). The summed E-state index contributed by atoms with van der Waals surface area (Å²) in [5, 5.41) is 11.6. The van der Waals surface area contributed by atoms with Gasteiger partial charge in [-0.25, -0.2) is 9.79 Å². The molecular formula is C25H28N6O4. The first-order valence-electron chi connectivity index (χ1n) is 11.0. The van der Waals surface area contributed by atoms with Crippen molar-refractivity contribution in [2.75, 3.05) is 20.6 Å². The second-order valence-electron chi connectivity index (χ2n) is 8.11. The van der Waals surface area contributed by atoms with Gasteiger partial charge < -0.3 is 19.9 Å². The second kappa shape index (κ2) is 11.6. The lowest BCUT2D eigenvalue weighted by molar-refractivity contribution is -0.137. The van der Waals surface area contributed by atoms with E-state index in [0.29, 0.717) is 6.54 Å². The maximum atomic E-state index is 12.8. The molecule has 10 nitrogen and oxygen atoms in total. The Morgan fingerprint density at radius 3 is 2.40 bits per heavy atom. The predicted molar refractivity (Wildman–Crippen MR) is 133 cm³/mol. The Kier molecular flexibility index (Phi) is 8.33. The van der Waals surface area contributed by atoms with Crippen LogP contribution in [0.2, 0.25) is 0 Å². The number of hydrogen-bond acceptors (Lipinski definition) is 5. The number of aromatic amines is 1. The van der Waals surface area contributed by atoms with E-state index in [0.717, 1.165) is 22.3 Å². The highest BCUT2D eigenvalue weighted by Gasteiger charge is 2.17. The highest BCUT2D eigenvalue weighted by Crippen LogP contribution is 2.20. The summed E-state index contributed by atoms with van der Waals surface area (Å²) in [7, 11) is 3.24. The third-order valence-electron chi connectivity index (χ3n) is 5.25. The van der Waals surface area contributed by atoms with Crippen molar-refractivity contribution in [1.29, 1.82) is 0 Å². The molecule has 3 aromatic rings. The number of carboxylic acids is 1. The predicted octanol–water partition coefficient (Wildman–Crippen LogP) is 2.98. The Morgan fingerprint density at radius 2 is 1.74 bits per heavy atom. The smallest absolute Gasteiger partial charge is 0.323 e. The van der Waals surface area contributed by atoms with Crippen molar-refractivity contribution in [3.63, 3.8) is 0 Å². The minimum Gasteiger partial charge on any atom is -0.481 e. The summed E-state index contributed by atoms with van der Waals surface area (Å²) >= 11 is 0. The van der Waals surface area contributed by atoms with Crippen molar-refractivity contribution in [1.82, 2.24) is 25.1 Å². The summed E-state index contributed by atoms with van der Waals surface area (Å²) in [6.45, 7) is 2.43. The van der Waals surface area contributed by atoms with Crippen molar-refractivity contribution in [3.8, 4) is 11.1 Å². The summed E-state index contributed by atoms with van der Waals surface area (Å²) in [5.41, 5.74) is 3.38. The van der Waals surface area contributed by atoms with Gasteiger partial charge in [0.2, 0.25) is 5.96 Å². The molecule has 0 bridgehead atoms. The van der Waals surface area contributed by atoms with Crippen LogP contribution < -0.4 is 10.9 Å². The van der Waals surface area contributed by atoms with Gasteiger partial charge >= 0.3 is 12.0 Å². The molecule has 0 aliphatic heterocycles. The lowest BCUT2D eigenvalue weighted by Crippen LogP contribution is -2.47. The van der Waals surface area contributed by atoms with E-state index >= 15 is 0 Å². The van der Waals surface area contributed by atoms with Crippen LogP contribution in [-0.4, -0.2) is 63.5 Å². The molecular weight excluding hydrogens is 448 g/mol. The second-order valence-corrected chi connectivity index (χ2v) is 8.11. The van der Waals surface area contributed by atoms with Crippen LogP contribution >= 0.6 is 0 Å². The molecule has 10 heteroatoms. The number of nitrogens with one attached hydrogen (secondary N) is 2. The van der Waals surface area contributed by atoms with Gasteiger partial charge in [-0.2, -0.15) is 0 Å². The number of rotatable bonds is 7. The summed E-state index contributed by atoms with van der Waals surface area (Å²) in [6.07, 6.45) is 4.70. The Bertz CT molecular complexity index is 1250. The number of H-pyrrole nitrogens is 1. The molecule has 2 aromatic heterocycles. The molecule has 3 rings (SSSR count). The fraction of sp³-hybridized carbons (Fsp3) is 0.240. The van der Waals surface area contributed by atoms with Crippen LogP contribution in [0.15, 0.2) is 70.8 Å². The van der Waals surface area contributed by atoms with Crippen molar-refractivity contribution in [2.45, 2.75) is 19.9 Å². The summed E-state index contributed by atoms with van der Waals surface area (Å²) in [4.78, 5) is 50.3. The van der Waals surface area contributed by atoms with E-state index in [4.69, 9.17) is 5.11 Å². The van der Waals surface area contributed by atoms with Crippen LogP contribution in [0.1, 0.15) is 17.5 Å². The van der Waals surface area contributed by atoms with Gasteiger partial charge in [0.15, 0.2) is 0 Å². The van der Waals surface area contributed by atoms with Crippen LogP contribution in [0.4, 0.5) is 10.5 Å². The van der Waals surface area contributed by atoms with Gasteiger partial charge in [-0.05, 0) is 36.2 Å². The third-order valence-corrected chi connectivity index (χ3v) is 5.25. The molecule has 0 atom stereocenters. The minimum absolute atomic E-state index is 0.0221. The zero-order valence-electron chi connectivity index (χ0n) is 19.9. The average Bonchev–Trinajstić information content (AvgIpc) is 2.85. The average molecular weight is 477 g/mol. The molecule has 2 amide bonds. The molecule has 3 N–H and O–H groups in total. The number of aryl methyl sites for hydroxylation is 1. The lowest BCUT2D eigenvalue weighted by atomic mass is 10.1. The topological polar surface area (TPSA) is 131 Å². The molecule has 1 aromatic carbocycles. The van der Waals surface area contributed by atoms with Gasteiger partial charge in [0.25, 0.3) is 5.56 Å². The number of aromatic nitrogens is 2. The maximum Gasteiger partial charge on any atom is 0.323 e. The van der Waals surface area contributed by atoms with E-state index < -0.39 is 17.6 Å². The van der Waals surface area contributed by atoms with Crippen LogP contribution in [0.5, 0.6) is 0 Å². The van der Waals surface area contributed by atoms with Crippen LogP contribution in [0, 0.1) is 6.92 Å². The quantitative estimate of drug-likeness (QED) is 0.355. The van der Waals surface area contributed by atoms with E-state index in [-0.39, 0.29) is 24.6 Å². The maximum absolute atomic E-state index is 12.8. The number of aliphatic carboxylic acids is 1. The van der Waals surface area contributed by atoms with Gasteiger partial charge in [0.05, 0.1) is 6.42 Å². The summed E-state index contributed by atoms with van der Waals surface area (Å²) < 4.78 is 0. The minimum atomic E-state index is -1.01. The molecule has 0 aliphatic carbocycles. The molecule has 2 heterocycles. The number of carboxylic acid groups (broad SMARTS) is 1. The zero-order chi connectivity index (χ0) is 25.4. The van der Waals surface area contributed by atoms with Gasteiger partial charge in [-0.1, -0.05) is 29.8 Å². The van der Waals surface area contributed by atoms with Crippen molar-refractivity contribution < 1.29 is 14.7 Å². The first-order chi connectivity index (χ1) is 16.7. The van der Waals surface area contributed by atoms with E-state index in [1.807, 2.05) is 43.3 Å². The van der Waals surface area contributed by atoms with Crippen molar-refractivity contribution in [3.05, 3.63) is 82.5 Å². The number of guanidine groups is 1. The fourth-order valence-corrected chi connectivity index (χ4v) is 3.19. The number of aliphatic imine (C=N–C) groups is 1. The molecule has 0 radical (unpaired) electrons. The van der Waals surface area contributed by atoms with Crippen LogP contribution in [-0.2, 0) is 11.3 Å². The Balaban J connectivity index is 1.93. The van der Waals surface area contributed by atoms with Crippen LogP contribution in [0.25, 0.3) is 11.1 Å². The zero-order valence-corrected chi connectivity index (χ0v) is 19.9. The number of carbonyl (C=O) groups excluding carboxylic acids is 1. The number of hydrogen-bond donors (Lipinski definition) is 3.